The lowest BCUT2D eigenvalue weighted by molar-refractivity contribution is 0.314. The summed E-state index contributed by atoms with van der Waals surface area (Å²) in [6, 6.07) is 15.0. The third kappa shape index (κ3) is 5.67. The first kappa shape index (κ1) is 17.5. The van der Waals surface area contributed by atoms with E-state index in [1.54, 1.807) is 19.1 Å². The highest BCUT2D eigenvalue weighted by Crippen LogP contribution is 2.15. The van der Waals surface area contributed by atoms with Crippen LogP contribution in [0.15, 0.2) is 53.4 Å². The van der Waals surface area contributed by atoms with Crippen molar-refractivity contribution in [2.45, 2.75) is 18.2 Å². The Balaban J connectivity index is 1.74. The van der Waals surface area contributed by atoms with Gasteiger partial charge in [-0.1, -0.05) is 30.3 Å². The highest BCUT2D eigenvalue weighted by Gasteiger charge is 2.11. The molecule has 23 heavy (non-hydrogen) atoms. The van der Waals surface area contributed by atoms with Crippen LogP contribution in [0, 0.1) is 6.92 Å². The third-order valence-electron chi connectivity index (χ3n) is 3.44. The first-order chi connectivity index (χ1) is 11.0. The molecule has 0 aromatic heterocycles. The second kappa shape index (κ2) is 8.10. The predicted molar refractivity (Wildman–Crippen MR) is 91.1 cm³/mol. The van der Waals surface area contributed by atoms with Crippen molar-refractivity contribution >= 4 is 10.0 Å². The van der Waals surface area contributed by atoms with Gasteiger partial charge in [-0.05, 0) is 49.2 Å². The predicted octanol–water partition coefficient (Wildman–Crippen LogP) is 1.85. The molecule has 0 atom stereocenters. The Morgan fingerprint density at radius 1 is 1.09 bits per heavy atom. The van der Waals surface area contributed by atoms with Crippen LogP contribution in [0.3, 0.4) is 0 Å². The molecular weight excluding hydrogens is 312 g/mol. The number of nitrogens with one attached hydrogen (secondary N) is 1. The summed E-state index contributed by atoms with van der Waals surface area (Å²) in [5.74, 6) is 0.852. The Morgan fingerprint density at radius 2 is 1.83 bits per heavy atom. The SMILES string of the molecule is Cc1ccc(CCNCCOc2ccccc2)cc1S(N)(=O)=O. The van der Waals surface area contributed by atoms with Crippen molar-refractivity contribution in [1.82, 2.24) is 5.32 Å². The van der Waals surface area contributed by atoms with Gasteiger partial charge in [0.1, 0.15) is 12.4 Å². The number of primary sulfonamides is 1. The fourth-order valence-electron chi connectivity index (χ4n) is 2.22. The van der Waals surface area contributed by atoms with Gasteiger partial charge in [0.25, 0.3) is 0 Å². The second-order valence-electron chi connectivity index (χ2n) is 5.31. The molecule has 0 radical (unpaired) electrons. The van der Waals surface area contributed by atoms with Crippen LogP contribution in [0.25, 0.3) is 0 Å². The van der Waals surface area contributed by atoms with Gasteiger partial charge >= 0.3 is 0 Å². The molecule has 2 aromatic carbocycles. The smallest absolute Gasteiger partial charge is 0.238 e. The van der Waals surface area contributed by atoms with E-state index >= 15 is 0 Å². The molecule has 2 aromatic rings. The van der Waals surface area contributed by atoms with Crippen LogP contribution in [-0.4, -0.2) is 28.1 Å². The zero-order valence-corrected chi connectivity index (χ0v) is 14.0. The minimum absolute atomic E-state index is 0.197. The van der Waals surface area contributed by atoms with Crippen molar-refractivity contribution < 1.29 is 13.2 Å². The van der Waals surface area contributed by atoms with Crippen molar-refractivity contribution in [3.8, 4) is 5.75 Å². The van der Waals surface area contributed by atoms with E-state index in [1.165, 1.54) is 0 Å². The van der Waals surface area contributed by atoms with Gasteiger partial charge in [-0.2, -0.15) is 0 Å². The number of hydrogen-bond donors (Lipinski definition) is 2. The van der Waals surface area contributed by atoms with Gasteiger partial charge in [0.2, 0.25) is 10.0 Å². The van der Waals surface area contributed by atoms with Crippen LogP contribution in [0.2, 0.25) is 0 Å². The molecule has 0 saturated heterocycles. The van der Waals surface area contributed by atoms with E-state index in [0.29, 0.717) is 12.2 Å². The number of hydrogen-bond acceptors (Lipinski definition) is 4. The molecule has 124 valence electrons. The normalized spacial score (nSPS) is 11.4. The molecule has 0 amide bonds. The number of sulfonamides is 1. The van der Waals surface area contributed by atoms with E-state index in [9.17, 15) is 8.42 Å². The average Bonchev–Trinajstić information content (AvgIpc) is 2.52. The molecule has 3 N–H and O–H groups in total. The maximum Gasteiger partial charge on any atom is 0.238 e. The van der Waals surface area contributed by atoms with E-state index in [-0.39, 0.29) is 4.90 Å². The van der Waals surface area contributed by atoms with Crippen molar-refractivity contribution in [3.63, 3.8) is 0 Å². The summed E-state index contributed by atoms with van der Waals surface area (Å²) in [7, 11) is -3.67. The molecule has 0 spiro atoms. The quantitative estimate of drug-likeness (QED) is 0.722. The highest BCUT2D eigenvalue weighted by molar-refractivity contribution is 7.89. The number of ether oxygens (including phenoxy) is 1. The number of aryl methyl sites for hydroxylation is 1. The van der Waals surface area contributed by atoms with Gasteiger partial charge in [-0.25, -0.2) is 13.6 Å². The van der Waals surface area contributed by atoms with Gasteiger partial charge in [-0.3, -0.25) is 0 Å². The first-order valence-corrected chi connectivity index (χ1v) is 9.02. The Hall–Kier alpha value is -1.89. The zero-order chi connectivity index (χ0) is 16.7. The maximum atomic E-state index is 11.5. The highest BCUT2D eigenvalue weighted by atomic mass is 32.2. The lowest BCUT2D eigenvalue weighted by atomic mass is 10.1. The van der Waals surface area contributed by atoms with Crippen LogP contribution in [0.5, 0.6) is 5.75 Å². The molecule has 0 aliphatic rings. The number of rotatable bonds is 8. The molecule has 0 saturated carbocycles. The van der Waals surface area contributed by atoms with Crippen LogP contribution >= 0.6 is 0 Å². The molecular formula is C17H22N2O3S. The van der Waals surface area contributed by atoms with Gasteiger partial charge < -0.3 is 10.1 Å². The summed E-state index contributed by atoms with van der Waals surface area (Å²) in [5.41, 5.74) is 1.61. The lowest BCUT2D eigenvalue weighted by Crippen LogP contribution is -2.23. The van der Waals surface area contributed by atoms with E-state index in [2.05, 4.69) is 5.32 Å². The van der Waals surface area contributed by atoms with Crippen LogP contribution in [0.4, 0.5) is 0 Å². The zero-order valence-electron chi connectivity index (χ0n) is 13.2. The summed E-state index contributed by atoms with van der Waals surface area (Å²) in [6.45, 7) is 3.79. The molecule has 0 fully saturated rings. The summed E-state index contributed by atoms with van der Waals surface area (Å²) in [4.78, 5) is 0.197. The monoisotopic (exact) mass is 334 g/mol. The number of nitrogens with two attached hydrogens (primary N) is 1. The molecule has 2 rings (SSSR count). The van der Waals surface area contributed by atoms with Crippen molar-refractivity contribution in [3.05, 3.63) is 59.7 Å². The van der Waals surface area contributed by atoms with Gasteiger partial charge in [0.15, 0.2) is 0 Å². The molecule has 0 aliphatic heterocycles. The lowest BCUT2D eigenvalue weighted by Gasteiger charge is -2.09. The maximum absolute atomic E-state index is 11.5. The number of benzene rings is 2. The van der Waals surface area contributed by atoms with Gasteiger partial charge in [0.05, 0.1) is 4.90 Å². The minimum atomic E-state index is -3.67. The Morgan fingerprint density at radius 3 is 2.52 bits per heavy atom. The Bertz CT molecular complexity index is 731. The van der Waals surface area contributed by atoms with Gasteiger partial charge in [0, 0.05) is 6.54 Å². The number of para-hydroxylation sites is 1. The fourth-order valence-corrected chi connectivity index (χ4v) is 3.05. The van der Waals surface area contributed by atoms with Crippen molar-refractivity contribution in [2.24, 2.45) is 5.14 Å². The molecule has 0 heterocycles. The second-order valence-corrected chi connectivity index (χ2v) is 6.84. The largest absolute Gasteiger partial charge is 0.492 e. The summed E-state index contributed by atoms with van der Waals surface area (Å²) >= 11 is 0. The molecule has 0 bridgehead atoms. The third-order valence-corrected chi connectivity index (χ3v) is 4.49. The summed E-state index contributed by atoms with van der Waals surface area (Å²) in [6.07, 6.45) is 0.730. The van der Waals surface area contributed by atoms with Crippen LogP contribution < -0.4 is 15.2 Å². The average molecular weight is 334 g/mol. The topological polar surface area (TPSA) is 81.4 Å². The minimum Gasteiger partial charge on any atom is -0.492 e. The van der Waals surface area contributed by atoms with E-state index in [4.69, 9.17) is 9.88 Å². The van der Waals surface area contributed by atoms with E-state index in [0.717, 1.165) is 30.8 Å². The summed E-state index contributed by atoms with van der Waals surface area (Å²) in [5, 5.41) is 8.49. The fraction of sp³-hybridized carbons (Fsp3) is 0.294. The van der Waals surface area contributed by atoms with Crippen LogP contribution in [-0.2, 0) is 16.4 Å². The first-order valence-electron chi connectivity index (χ1n) is 7.48. The molecule has 0 unspecified atom stereocenters. The molecule has 0 aliphatic carbocycles. The van der Waals surface area contributed by atoms with Crippen LogP contribution in [0.1, 0.15) is 11.1 Å². The Kier molecular flexibility index (Phi) is 6.15. The van der Waals surface area contributed by atoms with Crippen molar-refractivity contribution in [1.29, 1.82) is 0 Å². The van der Waals surface area contributed by atoms with E-state index < -0.39 is 10.0 Å². The van der Waals surface area contributed by atoms with E-state index in [1.807, 2.05) is 36.4 Å². The van der Waals surface area contributed by atoms with Crippen molar-refractivity contribution in [2.75, 3.05) is 19.7 Å². The van der Waals surface area contributed by atoms with Gasteiger partial charge in [-0.15, -0.1) is 0 Å². The Labute approximate surface area is 137 Å². The standard InChI is InChI=1S/C17H22N2O3S/c1-14-7-8-15(13-17(14)23(18,20)21)9-10-19-11-12-22-16-5-3-2-4-6-16/h2-8,13,19H,9-12H2,1H3,(H2,18,20,21). The summed E-state index contributed by atoms with van der Waals surface area (Å²) < 4.78 is 28.6. The molecule has 5 nitrogen and oxygen atoms in total. The molecule has 6 heteroatoms.